The summed E-state index contributed by atoms with van der Waals surface area (Å²) in [6.45, 7) is -0.216. The predicted octanol–water partition coefficient (Wildman–Crippen LogP) is 1.73. The van der Waals surface area contributed by atoms with E-state index in [1.165, 1.54) is 46.6 Å². The third-order valence-corrected chi connectivity index (χ3v) is 5.35. The van der Waals surface area contributed by atoms with Crippen LogP contribution in [0.1, 0.15) is 11.7 Å². The number of methoxy groups -OCH3 is 4. The average Bonchev–Trinajstić information content (AvgIpc) is 2.70. The molecule has 0 fully saturated rings. The van der Waals surface area contributed by atoms with Gasteiger partial charge in [0.25, 0.3) is 0 Å². The molecule has 2 aromatic rings. The highest BCUT2D eigenvalue weighted by Gasteiger charge is 2.19. The van der Waals surface area contributed by atoms with Crippen LogP contribution in [0, 0.1) is 0 Å². The Morgan fingerprint density at radius 3 is 1.93 bits per heavy atom. The molecular weight excluding hydrogens is 374 g/mol. The van der Waals surface area contributed by atoms with Gasteiger partial charge in [-0.2, -0.15) is 0 Å². The van der Waals surface area contributed by atoms with E-state index in [0.29, 0.717) is 28.6 Å². The van der Waals surface area contributed by atoms with E-state index in [1.807, 2.05) is 0 Å². The molecule has 0 heterocycles. The SMILES string of the molecule is COc1ccc(C(O)CNS(=O)(=O)c2ccc(OC)c(OC)c2)cc1OC. The Bertz CT molecular complexity index is 883. The van der Waals surface area contributed by atoms with Gasteiger partial charge in [0.15, 0.2) is 23.0 Å². The lowest BCUT2D eigenvalue weighted by Crippen LogP contribution is -2.28. The molecule has 0 aliphatic carbocycles. The molecule has 27 heavy (non-hydrogen) atoms. The van der Waals surface area contributed by atoms with Crippen LogP contribution in [0.15, 0.2) is 41.3 Å². The highest BCUT2D eigenvalue weighted by molar-refractivity contribution is 7.89. The topological polar surface area (TPSA) is 103 Å². The molecule has 2 aromatic carbocycles. The van der Waals surface area contributed by atoms with Crippen molar-refractivity contribution in [3.05, 3.63) is 42.0 Å². The maximum absolute atomic E-state index is 12.5. The second kappa shape index (κ2) is 8.94. The molecule has 9 heteroatoms. The lowest BCUT2D eigenvalue weighted by atomic mass is 10.1. The third kappa shape index (κ3) is 4.82. The quantitative estimate of drug-likeness (QED) is 0.664. The maximum Gasteiger partial charge on any atom is 0.240 e. The molecule has 148 valence electrons. The Morgan fingerprint density at radius 2 is 1.37 bits per heavy atom. The van der Waals surface area contributed by atoms with Gasteiger partial charge < -0.3 is 24.1 Å². The molecule has 0 radical (unpaired) electrons. The van der Waals surface area contributed by atoms with Crippen molar-refractivity contribution in [1.82, 2.24) is 4.72 Å². The van der Waals surface area contributed by atoms with Crippen LogP contribution in [0.3, 0.4) is 0 Å². The van der Waals surface area contributed by atoms with Crippen LogP contribution in [0.25, 0.3) is 0 Å². The molecule has 0 spiro atoms. The maximum atomic E-state index is 12.5. The van der Waals surface area contributed by atoms with Crippen molar-refractivity contribution < 1.29 is 32.5 Å². The molecular formula is C18H23NO7S. The van der Waals surface area contributed by atoms with Gasteiger partial charge >= 0.3 is 0 Å². The number of hydrogen-bond donors (Lipinski definition) is 2. The van der Waals surface area contributed by atoms with Crippen molar-refractivity contribution in [1.29, 1.82) is 0 Å². The molecule has 0 amide bonds. The van der Waals surface area contributed by atoms with E-state index in [4.69, 9.17) is 18.9 Å². The zero-order valence-electron chi connectivity index (χ0n) is 15.6. The van der Waals surface area contributed by atoms with E-state index in [9.17, 15) is 13.5 Å². The Kier molecular flexibility index (Phi) is 6.89. The predicted molar refractivity (Wildman–Crippen MR) is 99.2 cm³/mol. The lowest BCUT2D eigenvalue weighted by molar-refractivity contribution is 0.181. The number of aliphatic hydroxyl groups is 1. The fourth-order valence-electron chi connectivity index (χ4n) is 2.43. The Labute approximate surface area is 158 Å². The summed E-state index contributed by atoms with van der Waals surface area (Å²) < 4.78 is 47.9. The largest absolute Gasteiger partial charge is 0.493 e. The Balaban J connectivity index is 2.15. The fraction of sp³-hybridized carbons (Fsp3) is 0.333. The fourth-order valence-corrected chi connectivity index (χ4v) is 3.49. The van der Waals surface area contributed by atoms with Gasteiger partial charge in [0.05, 0.1) is 39.4 Å². The molecule has 0 saturated heterocycles. The zero-order chi connectivity index (χ0) is 20.0. The molecule has 8 nitrogen and oxygen atoms in total. The summed E-state index contributed by atoms with van der Waals surface area (Å²) in [6, 6.07) is 9.11. The van der Waals surface area contributed by atoms with Crippen molar-refractivity contribution in [2.24, 2.45) is 0 Å². The molecule has 0 aliphatic heterocycles. The van der Waals surface area contributed by atoms with Gasteiger partial charge in [-0.25, -0.2) is 13.1 Å². The summed E-state index contributed by atoms with van der Waals surface area (Å²) in [4.78, 5) is -0.000313. The van der Waals surface area contributed by atoms with E-state index >= 15 is 0 Å². The average molecular weight is 397 g/mol. The number of aliphatic hydroxyl groups excluding tert-OH is 1. The number of benzene rings is 2. The molecule has 1 atom stereocenters. The monoisotopic (exact) mass is 397 g/mol. The van der Waals surface area contributed by atoms with Gasteiger partial charge in [0.1, 0.15) is 0 Å². The zero-order valence-corrected chi connectivity index (χ0v) is 16.4. The second-order valence-electron chi connectivity index (χ2n) is 5.50. The van der Waals surface area contributed by atoms with Crippen LogP contribution in [0.5, 0.6) is 23.0 Å². The summed E-state index contributed by atoms with van der Waals surface area (Å²) in [6.07, 6.45) is -1.07. The van der Waals surface area contributed by atoms with E-state index in [2.05, 4.69) is 4.72 Å². The van der Waals surface area contributed by atoms with E-state index in [-0.39, 0.29) is 11.4 Å². The third-order valence-electron chi connectivity index (χ3n) is 3.92. The molecule has 0 aromatic heterocycles. The standard InChI is InChI=1S/C18H23NO7S/c1-23-15-7-5-12(9-17(15)25-3)14(20)11-19-27(21,22)13-6-8-16(24-2)18(10-13)26-4/h5-10,14,19-20H,11H2,1-4H3. The minimum Gasteiger partial charge on any atom is -0.493 e. The van der Waals surface area contributed by atoms with E-state index in [1.54, 1.807) is 18.2 Å². The molecule has 0 bridgehead atoms. The van der Waals surface area contributed by atoms with Gasteiger partial charge in [-0.1, -0.05) is 6.07 Å². The normalized spacial score (nSPS) is 12.3. The molecule has 2 N–H and O–H groups in total. The Morgan fingerprint density at radius 1 is 0.852 bits per heavy atom. The van der Waals surface area contributed by atoms with Crippen LogP contribution >= 0.6 is 0 Å². The first-order valence-electron chi connectivity index (χ1n) is 7.98. The number of nitrogens with one attached hydrogen (secondary N) is 1. The highest BCUT2D eigenvalue weighted by atomic mass is 32.2. The summed E-state index contributed by atoms with van der Waals surface area (Å²) in [5.41, 5.74) is 0.489. The van der Waals surface area contributed by atoms with Crippen LogP contribution in [0.2, 0.25) is 0 Å². The summed E-state index contributed by atoms with van der Waals surface area (Å²) in [7, 11) is 2.02. The van der Waals surface area contributed by atoms with Crippen LogP contribution in [0.4, 0.5) is 0 Å². The summed E-state index contributed by atoms with van der Waals surface area (Å²) in [5.74, 6) is 1.67. The smallest absolute Gasteiger partial charge is 0.240 e. The molecule has 2 rings (SSSR count). The van der Waals surface area contributed by atoms with Crippen molar-refractivity contribution >= 4 is 10.0 Å². The van der Waals surface area contributed by atoms with E-state index < -0.39 is 16.1 Å². The van der Waals surface area contributed by atoms with Crippen LogP contribution < -0.4 is 23.7 Å². The highest BCUT2D eigenvalue weighted by Crippen LogP contribution is 2.31. The molecule has 1 unspecified atom stereocenters. The summed E-state index contributed by atoms with van der Waals surface area (Å²) >= 11 is 0. The first-order chi connectivity index (χ1) is 12.9. The minimum absolute atomic E-state index is 0.000313. The molecule has 0 aliphatic rings. The number of hydrogen-bond acceptors (Lipinski definition) is 7. The Hall–Kier alpha value is -2.49. The minimum atomic E-state index is -3.85. The van der Waals surface area contributed by atoms with Gasteiger partial charge in [0.2, 0.25) is 10.0 Å². The second-order valence-corrected chi connectivity index (χ2v) is 7.27. The van der Waals surface area contributed by atoms with Crippen LogP contribution in [-0.2, 0) is 10.0 Å². The summed E-state index contributed by atoms with van der Waals surface area (Å²) in [5, 5.41) is 10.3. The van der Waals surface area contributed by atoms with Gasteiger partial charge in [0, 0.05) is 12.6 Å². The van der Waals surface area contributed by atoms with Gasteiger partial charge in [-0.3, -0.25) is 0 Å². The van der Waals surface area contributed by atoms with Crippen LogP contribution in [-0.4, -0.2) is 48.5 Å². The van der Waals surface area contributed by atoms with Crippen molar-refractivity contribution in [2.45, 2.75) is 11.0 Å². The number of ether oxygens (including phenoxy) is 4. The van der Waals surface area contributed by atoms with E-state index in [0.717, 1.165) is 0 Å². The number of sulfonamides is 1. The first-order valence-corrected chi connectivity index (χ1v) is 9.46. The van der Waals surface area contributed by atoms with Crippen molar-refractivity contribution in [2.75, 3.05) is 35.0 Å². The lowest BCUT2D eigenvalue weighted by Gasteiger charge is -2.15. The first kappa shape index (κ1) is 20.8. The molecule has 0 saturated carbocycles. The number of rotatable bonds is 9. The van der Waals surface area contributed by atoms with Gasteiger partial charge in [-0.05, 0) is 29.8 Å². The van der Waals surface area contributed by atoms with Crippen molar-refractivity contribution in [3.63, 3.8) is 0 Å². The van der Waals surface area contributed by atoms with Gasteiger partial charge in [-0.15, -0.1) is 0 Å². The van der Waals surface area contributed by atoms with Crippen molar-refractivity contribution in [3.8, 4) is 23.0 Å².